The molecule has 0 atom stereocenters. The summed E-state index contributed by atoms with van der Waals surface area (Å²) in [5.74, 6) is 1.76. The molecular weight excluding hydrogens is 611 g/mol. The van der Waals surface area contributed by atoms with Crippen LogP contribution < -0.4 is 9.64 Å². The van der Waals surface area contributed by atoms with Gasteiger partial charge in [-0.1, -0.05) is 115 Å². The minimum Gasteiger partial charge on any atom is -0.457 e. The summed E-state index contributed by atoms with van der Waals surface area (Å²) >= 11 is 0. The number of hydrogen-bond acceptors (Lipinski definition) is 3. The summed E-state index contributed by atoms with van der Waals surface area (Å²) in [4.78, 5) is 2.33. The van der Waals surface area contributed by atoms with Crippen molar-refractivity contribution in [1.29, 1.82) is 0 Å². The molecule has 3 nitrogen and oxygen atoms in total. The number of fused-ring (bicyclic) bond motifs is 14. The molecule has 2 heterocycles. The van der Waals surface area contributed by atoms with E-state index in [0.29, 0.717) is 0 Å². The van der Waals surface area contributed by atoms with E-state index in [-0.39, 0.29) is 0 Å². The van der Waals surface area contributed by atoms with Gasteiger partial charge >= 0.3 is 0 Å². The Morgan fingerprint density at radius 2 is 1.04 bits per heavy atom. The van der Waals surface area contributed by atoms with Gasteiger partial charge in [-0.05, 0) is 87.6 Å². The van der Waals surface area contributed by atoms with Gasteiger partial charge in [-0.3, -0.25) is 0 Å². The van der Waals surface area contributed by atoms with Crippen LogP contribution in [0.1, 0.15) is 22.3 Å². The van der Waals surface area contributed by atoms with Crippen molar-refractivity contribution < 1.29 is 9.15 Å². The number of nitrogens with zero attached hydrogens (tertiary/aromatic N) is 1. The molecule has 1 aliphatic heterocycles. The molecule has 0 amide bonds. The number of anilines is 3. The van der Waals surface area contributed by atoms with E-state index in [9.17, 15) is 0 Å². The van der Waals surface area contributed by atoms with E-state index >= 15 is 0 Å². The summed E-state index contributed by atoms with van der Waals surface area (Å²) in [5, 5.41) is 4.68. The summed E-state index contributed by atoms with van der Waals surface area (Å²) in [6.07, 6.45) is 0. The molecule has 11 rings (SSSR count). The van der Waals surface area contributed by atoms with Crippen molar-refractivity contribution in [2.75, 3.05) is 4.90 Å². The lowest BCUT2D eigenvalue weighted by atomic mass is 9.66. The fourth-order valence-corrected chi connectivity index (χ4v) is 8.68. The normalized spacial score (nSPS) is 13.5. The van der Waals surface area contributed by atoms with Crippen LogP contribution in [0.3, 0.4) is 0 Å². The Morgan fingerprint density at radius 3 is 1.86 bits per heavy atom. The van der Waals surface area contributed by atoms with Crippen LogP contribution in [0.4, 0.5) is 17.1 Å². The quantitative estimate of drug-likeness (QED) is 0.192. The molecule has 0 saturated carbocycles. The number of hydrogen-bond donors (Lipinski definition) is 0. The first kappa shape index (κ1) is 27.4. The molecule has 234 valence electrons. The van der Waals surface area contributed by atoms with E-state index < -0.39 is 5.41 Å². The largest absolute Gasteiger partial charge is 0.457 e. The van der Waals surface area contributed by atoms with E-state index in [1.807, 2.05) is 0 Å². The maximum Gasteiger partial charge on any atom is 0.137 e. The van der Waals surface area contributed by atoms with Crippen LogP contribution in [0, 0.1) is 0 Å². The fourth-order valence-electron chi connectivity index (χ4n) is 8.68. The summed E-state index contributed by atoms with van der Waals surface area (Å²) < 4.78 is 13.3. The highest BCUT2D eigenvalue weighted by molar-refractivity contribution is 6.19. The standard InChI is InChI=1S/C47H29NO2/c1-2-13-31(14-3-1)48(33-23-25-37-45(29-33)50-44-26-22-30-12-4-5-15-34(30)46(37)44)32-24-27-43-41(28-32)47(40-20-10-11-21-42(40)49-43)38-18-8-6-16-35(38)36-17-7-9-19-39(36)47/h1-29H. The van der Waals surface area contributed by atoms with E-state index in [1.165, 1.54) is 33.0 Å². The van der Waals surface area contributed by atoms with Crippen LogP contribution in [0.25, 0.3) is 43.8 Å². The molecule has 0 saturated heterocycles. The van der Waals surface area contributed by atoms with Crippen molar-refractivity contribution in [3.8, 4) is 22.6 Å². The maximum absolute atomic E-state index is 6.73. The summed E-state index contributed by atoms with van der Waals surface area (Å²) in [5.41, 5.74) is 11.7. The molecule has 1 aliphatic carbocycles. The van der Waals surface area contributed by atoms with Gasteiger partial charge in [-0.2, -0.15) is 0 Å². The summed E-state index contributed by atoms with van der Waals surface area (Å²) in [6.45, 7) is 0. The predicted octanol–water partition coefficient (Wildman–Crippen LogP) is 12.7. The average Bonchev–Trinajstić information content (AvgIpc) is 3.70. The van der Waals surface area contributed by atoms with Gasteiger partial charge in [-0.25, -0.2) is 0 Å². The van der Waals surface area contributed by atoms with Crippen molar-refractivity contribution in [2.24, 2.45) is 0 Å². The number of ether oxygens (including phenoxy) is 1. The minimum absolute atomic E-state index is 0.542. The van der Waals surface area contributed by atoms with Gasteiger partial charge in [0.1, 0.15) is 22.7 Å². The molecule has 2 aliphatic rings. The number of benzene rings is 8. The van der Waals surface area contributed by atoms with Crippen molar-refractivity contribution in [1.82, 2.24) is 0 Å². The number of furan rings is 1. The molecule has 9 aromatic rings. The number of rotatable bonds is 3. The highest BCUT2D eigenvalue weighted by Crippen LogP contribution is 2.62. The lowest BCUT2D eigenvalue weighted by molar-refractivity contribution is 0.436. The van der Waals surface area contributed by atoms with E-state index in [0.717, 1.165) is 61.6 Å². The Bertz CT molecular complexity index is 2770. The second-order valence-electron chi connectivity index (χ2n) is 13.2. The van der Waals surface area contributed by atoms with Gasteiger partial charge in [0.25, 0.3) is 0 Å². The van der Waals surface area contributed by atoms with Crippen molar-refractivity contribution in [3.63, 3.8) is 0 Å². The van der Waals surface area contributed by atoms with Gasteiger partial charge < -0.3 is 14.1 Å². The summed E-state index contributed by atoms with van der Waals surface area (Å²) in [7, 11) is 0. The van der Waals surface area contributed by atoms with Crippen LogP contribution in [-0.2, 0) is 5.41 Å². The third-order valence-electron chi connectivity index (χ3n) is 10.7. The minimum atomic E-state index is -0.542. The molecule has 0 fully saturated rings. The monoisotopic (exact) mass is 639 g/mol. The molecule has 3 heteroatoms. The molecule has 0 radical (unpaired) electrons. The third-order valence-corrected chi connectivity index (χ3v) is 10.7. The van der Waals surface area contributed by atoms with Crippen LogP contribution in [0.15, 0.2) is 180 Å². The topological polar surface area (TPSA) is 25.6 Å². The zero-order valence-electron chi connectivity index (χ0n) is 27.0. The molecular formula is C47H29NO2. The Balaban J connectivity index is 1.17. The lowest BCUT2D eigenvalue weighted by Crippen LogP contribution is -2.32. The van der Waals surface area contributed by atoms with Crippen LogP contribution in [0.2, 0.25) is 0 Å². The molecule has 0 N–H and O–H groups in total. The molecule has 1 aromatic heterocycles. The van der Waals surface area contributed by atoms with Crippen molar-refractivity contribution >= 4 is 49.8 Å². The molecule has 1 spiro atoms. The fraction of sp³-hybridized carbons (Fsp3) is 0.0213. The van der Waals surface area contributed by atoms with Gasteiger partial charge in [0.05, 0.1) is 5.41 Å². The third kappa shape index (κ3) is 3.64. The van der Waals surface area contributed by atoms with Crippen molar-refractivity contribution in [3.05, 3.63) is 198 Å². The highest BCUT2D eigenvalue weighted by Gasteiger charge is 2.51. The zero-order valence-corrected chi connectivity index (χ0v) is 27.0. The first-order valence-corrected chi connectivity index (χ1v) is 17.1. The predicted molar refractivity (Wildman–Crippen MR) is 203 cm³/mol. The number of para-hydroxylation sites is 2. The van der Waals surface area contributed by atoms with E-state index in [4.69, 9.17) is 9.15 Å². The lowest BCUT2D eigenvalue weighted by Gasteiger charge is -2.40. The Hall–Kier alpha value is -6.58. The van der Waals surface area contributed by atoms with Gasteiger partial charge in [-0.15, -0.1) is 0 Å². The average molecular weight is 640 g/mol. The molecule has 8 aromatic carbocycles. The van der Waals surface area contributed by atoms with Crippen LogP contribution in [-0.4, -0.2) is 0 Å². The van der Waals surface area contributed by atoms with Crippen LogP contribution >= 0.6 is 0 Å². The molecule has 0 bridgehead atoms. The second-order valence-corrected chi connectivity index (χ2v) is 13.2. The second kappa shape index (κ2) is 10.2. The maximum atomic E-state index is 6.73. The van der Waals surface area contributed by atoms with E-state index in [2.05, 4.69) is 181 Å². The summed E-state index contributed by atoms with van der Waals surface area (Å²) in [6, 6.07) is 62.8. The first-order chi connectivity index (χ1) is 24.8. The van der Waals surface area contributed by atoms with Crippen molar-refractivity contribution in [2.45, 2.75) is 5.41 Å². The first-order valence-electron chi connectivity index (χ1n) is 17.1. The van der Waals surface area contributed by atoms with E-state index in [1.54, 1.807) is 0 Å². The van der Waals surface area contributed by atoms with Gasteiger partial charge in [0.2, 0.25) is 0 Å². The SMILES string of the molecule is c1ccc(N(c2ccc3c(c2)C2(c4ccccc4O3)c3ccccc3-c3ccccc32)c2ccc3c(c2)oc2ccc4ccccc4c23)cc1. The Morgan fingerprint density at radius 1 is 0.400 bits per heavy atom. The molecule has 0 unspecified atom stereocenters. The van der Waals surface area contributed by atoms with Gasteiger partial charge in [0.15, 0.2) is 0 Å². The Labute approximate surface area is 289 Å². The van der Waals surface area contributed by atoms with Gasteiger partial charge in [0, 0.05) is 45.0 Å². The van der Waals surface area contributed by atoms with Crippen LogP contribution in [0.5, 0.6) is 11.5 Å². The highest BCUT2D eigenvalue weighted by atomic mass is 16.5. The zero-order chi connectivity index (χ0) is 32.8. The Kier molecular flexibility index (Phi) is 5.59. The molecule has 50 heavy (non-hydrogen) atoms. The smallest absolute Gasteiger partial charge is 0.137 e.